The van der Waals surface area contributed by atoms with Crippen LogP contribution in [-0.2, 0) is 15.6 Å². The van der Waals surface area contributed by atoms with Crippen LogP contribution in [-0.4, -0.2) is 8.42 Å². The number of nitrogens with two attached hydrogens (primary N) is 1. The lowest BCUT2D eigenvalue weighted by Crippen LogP contribution is -2.07. The van der Waals surface area contributed by atoms with Gasteiger partial charge in [0.15, 0.2) is 0 Å². The first-order valence-corrected chi connectivity index (χ1v) is 6.46. The summed E-state index contributed by atoms with van der Waals surface area (Å²) in [5, 5.41) is 8.95. The molecule has 1 aromatic rings. The normalized spacial score (nSPS) is 11.1. The minimum Gasteiger partial charge on any atom is -0.326 e. The number of hydrogen-bond acceptors (Lipinski definition) is 4. The summed E-state index contributed by atoms with van der Waals surface area (Å²) >= 11 is 5.71. The Bertz CT molecular complexity index is 534. The zero-order valence-corrected chi connectivity index (χ0v) is 9.70. The summed E-state index contributed by atoms with van der Waals surface area (Å²) in [4.78, 5) is -0.174. The fourth-order valence-electron chi connectivity index (χ4n) is 1.15. The summed E-state index contributed by atoms with van der Waals surface area (Å²) in [5.74, 6) is 0. The van der Waals surface area contributed by atoms with Gasteiger partial charge in [-0.05, 0) is 12.1 Å². The molecule has 0 unspecified atom stereocenters. The Morgan fingerprint density at radius 2 is 2.07 bits per heavy atom. The number of benzene rings is 1. The van der Waals surface area contributed by atoms with Crippen LogP contribution in [0.5, 0.6) is 0 Å². The minimum absolute atomic E-state index is 0.0425. The van der Waals surface area contributed by atoms with E-state index in [-0.39, 0.29) is 27.6 Å². The largest absolute Gasteiger partial charge is 0.326 e. The van der Waals surface area contributed by atoms with Gasteiger partial charge in [-0.3, -0.25) is 0 Å². The SMILES string of the molecule is N#Cc1c(Cl)ccc(S(=O)(=O)Cl)c1CN. The number of nitrogens with zero attached hydrogens (tertiary/aromatic N) is 1. The molecule has 0 atom stereocenters. The third-order valence-electron chi connectivity index (χ3n) is 1.80. The summed E-state index contributed by atoms with van der Waals surface area (Å²) in [6, 6.07) is 4.32. The van der Waals surface area contributed by atoms with Gasteiger partial charge in [-0.2, -0.15) is 5.26 Å². The molecular formula is C8H6Cl2N2O2S. The van der Waals surface area contributed by atoms with Gasteiger partial charge in [-0.15, -0.1) is 0 Å². The van der Waals surface area contributed by atoms with Gasteiger partial charge in [-0.25, -0.2) is 8.42 Å². The molecule has 0 aromatic heterocycles. The van der Waals surface area contributed by atoms with Gasteiger partial charge in [0.05, 0.1) is 15.5 Å². The molecule has 7 heteroatoms. The van der Waals surface area contributed by atoms with Crippen LogP contribution in [0.4, 0.5) is 0 Å². The molecule has 4 nitrogen and oxygen atoms in total. The van der Waals surface area contributed by atoms with Gasteiger partial charge in [0.2, 0.25) is 0 Å². The van der Waals surface area contributed by atoms with Crippen LogP contribution in [0.2, 0.25) is 5.02 Å². The van der Waals surface area contributed by atoms with Crippen molar-refractivity contribution in [3.63, 3.8) is 0 Å². The van der Waals surface area contributed by atoms with E-state index in [9.17, 15) is 8.42 Å². The molecule has 0 spiro atoms. The zero-order valence-electron chi connectivity index (χ0n) is 7.37. The molecule has 0 aliphatic heterocycles. The van der Waals surface area contributed by atoms with E-state index in [1.165, 1.54) is 12.1 Å². The van der Waals surface area contributed by atoms with Crippen LogP contribution in [0.1, 0.15) is 11.1 Å². The van der Waals surface area contributed by atoms with E-state index in [0.717, 1.165) is 0 Å². The van der Waals surface area contributed by atoms with E-state index in [4.69, 9.17) is 33.3 Å². The average Bonchev–Trinajstić information content (AvgIpc) is 2.15. The Kier molecular flexibility index (Phi) is 3.58. The second kappa shape index (κ2) is 4.37. The lowest BCUT2D eigenvalue weighted by molar-refractivity contribution is 0.608. The summed E-state index contributed by atoms with van der Waals surface area (Å²) in [7, 11) is 1.28. The van der Waals surface area contributed by atoms with Gasteiger partial charge in [0, 0.05) is 22.8 Å². The van der Waals surface area contributed by atoms with Crippen molar-refractivity contribution in [2.24, 2.45) is 5.73 Å². The highest BCUT2D eigenvalue weighted by atomic mass is 35.7. The molecule has 0 bridgehead atoms. The van der Waals surface area contributed by atoms with Gasteiger partial charge in [-0.1, -0.05) is 11.6 Å². The standard InChI is InChI=1S/C8H6Cl2N2O2S/c9-7-1-2-8(15(10,13)14)6(4-12)5(7)3-11/h1-2H,4,12H2. The van der Waals surface area contributed by atoms with Gasteiger partial charge in [0.25, 0.3) is 9.05 Å². The lowest BCUT2D eigenvalue weighted by Gasteiger charge is -2.07. The molecule has 0 radical (unpaired) electrons. The number of hydrogen-bond donors (Lipinski definition) is 1. The molecule has 2 N–H and O–H groups in total. The summed E-state index contributed by atoms with van der Waals surface area (Å²) in [6.45, 7) is -0.120. The van der Waals surface area contributed by atoms with Crippen molar-refractivity contribution in [2.45, 2.75) is 11.4 Å². The Morgan fingerprint density at radius 1 is 1.47 bits per heavy atom. The first-order valence-electron chi connectivity index (χ1n) is 3.78. The van der Waals surface area contributed by atoms with Crippen LogP contribution >= 0.6 is 22.3 Å². The molecule has 0 heterocycles. The number of halogens is 2. The van der Waals surface area contributed by atoms with Crippen molar-refractivity contribution in [3.8, 4) is 6.07 Å². The van der Waals surface area contributed by atoms with E-state index in [1.807, 2.05) is 0 Å². The maximum Gasteiger partial charge on any atom is 0.261 e. The van der Waals surface area contributed by atoms with E-state index in [0.29, 0.717) is 0 Å². The molecule has 0 aliphatic carbocycles. The van der Waals surface area contributed by atoms with Crippen LogP contribution in [0.25, 0.3) is 0 Å². The van der Waals surface area contributed by atoms with E-state index < -0.39 is 9.05 Å². The topological polar surface area (TPSA) is 84.0 Å². The van der Waals surface area contributed by atoms with Crippen molar-refractivity contribution in [1.29, 1.82) is 5.26 Å². The minimum atomic E-state index is -3.91. The molecule has 0 aliphatic rings. The van der Waals surface area contributed by atoms with Gasteiger partial charge in [0.1, 0.15) is 6.07 Å². The fraction of sp³-hybridized carbons (Fsp3) is 0.125. The second-order valence-corrected chi connectivity index (χ2v) is 5.59. The molecule has 0 saturated heterocycles. The molecule has 80 valence electrons. The molecule has 1 aromatic carbocycles. The van der Waals surface area contributed by atoms with E-state index >= 15 is 0 Å². The molecule has 1 rings (SSSR count). The number of nitriles is 1. The Morgan fingerprint density at radius 3 is 2.47 bits per heavy atom. The predicted molar refractivity (Wildman–Crippen MR) is 57.1 cm³/mol. The van der Waals surface area contributed by atoms with Crippen LogP contribution in [0, 0.1) is 11.3 Å². The van der Waals surface area contributed by atoms with Crippen LogP contribution in [0.15, 0.2) is 17.0 Å². The third-order valence-corrected chi connectivity index (χ3v) is 3.52. The van der Waals surface area contributed by atoms with E-state index in [1.54, 1.807) is 6.07 Å². The Labute approximate surface area is 96.6 Å². The highest BCUT2D eigenvalue weighted by Gasteiger charge is 2.19. The highest BCUT2D eigenvalue weighted by Crippen LogP contribution is 2.27. The summed E-state index contributed by atoms with van der Waals surface area (Å²) < 4.78 is 22.3. The maximum atomic E-state index is 11.1. The van der Waals surface area contributed by atoms with Crippen molar-refractivity contribution in [3.05, 3.63) is 28.3 Å². The van der Waals surface area contributed by atoms with Crippen molar-refractivity contribution in [2.75, 3.05) is 0 Å². The van der Waals surface area contributed by atoms with Crippen LogP contribution < -0.4 is 5.73 Å². The van der Waals surface area contributed by atoms with Gasteiger partial charge < -0.3 is 5.73 Å². The third kappa shape index (κ3) is 2.41. The fourth-order valence-corrected chi connectivity index (χ4v) is 2.52. The van der Waals surface area contributed by atoms with Crippen molar-refractivity contribution >= 4 is 31.3 Å². The monoisotopic (exact) mass is 264 g/mol. The first kappa shape index (κ1) is 12.3. The predicted octanol–water partition coefficient (Wildman–Crippen LogP) is 1.60. The van der Waals surface area contributed by atoms with Crippen molar-refractivity contribution < 1.29 is 8.42 Å². The van der Waals surface area contributed by atoms with Crippen molar-refractivity contribution in [1.82, 2.24) is 0 Å². The highest BCUT2D eigenvalue weighted by molar-refractivity contribution is 8.13. The summed E-state index contributed by atoms with van der Waals surface area (Å²) in [5.41, 5.74) is 5.54. The van der Waals surface area contributed by atoms with Crippen LogP contribution in [0.3, 0.4) is 0 Å². The molecule has 0 amide bonds. The average molecular weight is 265 g/mol. The Hall–Kier alpha value is -0.800. The first-order chi connectivity index (χ1) is 6.91. The molecule has 0 fully saturated rings. The molecule has 0 saturated carbocycles. The van der Waals surface area contributed by atoms with E-state index in [2.05, 4.69) is 0 Å². The lowest BCUT2D eigenvalue weighted by atomic mass is 10.1. The second-order valence-electron chi connectivity index (χ2n) is 2.65. The number of rotatable bonds is 2. The Balaban J connectivity index is 3.66. The summed E-state index contributed by atoms with van der Waals surface area (Å²) in [6.07, 6.45) is 0. The maximum absolute atomic E-state index is 11.1. The molecule has 15 heavy (non-hydrogen) atoms. The smallest absolute Gasteiger partial charge is 0.261 e. The molecular weight excluding hydrogens is 259 g/mol. The zero-order chi connectivity index (χ0) is 11.6. The van der Waals surface area contributed by atoms with Gasteiger partial charge >= 0.3 is 0 Å². The quantitative estimate of drug-likeness (QED) is 0.823.